The molecule has 0 bridgehead atoms. The summed E-state index contributed by atoms with van der Waals surface area (Å²) in [6.45, 7) is 0. The number of benzene rings is 1. The number of hydrogen-bond donors (Lipinski definition) is 1. The molecule has 1 aliphatic carbocycles. The van der Waals surface area contributed by atoms with Crippen molar-refractivity contribution in [3.05, 3.63) is 52.1 Å². The molecule has 1 aromatic carbocycles. The summed E-state index contributed by atoms with van der Waals surface area (Å²) in [5, 5.41) is 10.9. The Balaban J connectivity index is 2.11. The highest BCUT2D eigenvalue weighted by molar-refractivity contribution is 5.68. The Hall–Kier alpha value is -2.43. The van der Waals surface area contributed by atoms with E-state index in [2.05, 4.69) is 11.1 Å². The third-order valence-corrected chi connectivity index (χ3v) is 3.82. The second-order valence-corrected chi connectivity index (χ2v) is 5.11. The first-order valence-corrected chi connectivity index (χ1v) is 6.66. The minimum atomic E-state index is -0.437. The molecule has 0 radical (unpaired) electrons. The van der Waals surface area contributed by atoms with E-state index in [9.17, 15) is 10.1 Å². The Bertz CT molecular complexity index is 666. The Kier molecular flexibility index (Phi) is 3.10. The van der Waals surface area contributed by atoms with Gasteiger partial charge in [0.1, 0.15) is 5.82 Å². The van der Waals surface area contributed by atoms with Crippen LogP contribution in [0.3, 0.4) is 0 Å². The Morgan fingerprint density at radius 3 is 2.65 bits per heavy atom. The second kappa shape index (κ2) is 4.92. The molecule has 0 aliphatic heterocycles. The summed E-state index contributed by atoms with van der Waals surface area (Å²) < 4.78 is 0. The molecule has 102 valence electrons. The van der Waals surface area contributed by atoms with Crippen molar-refractivity contribution in [2.24, 2.45) is 0 Å². The molecule has 0 amide bonds. The summed E-state index contributed by atoms with van der Waals surface area (Å²) in [6.07, 6.45) is 3.58. The summed E-state index contributed by atoms with van der Waals surface area (Å²) >= 11 is 0. The van der Waals surface area contributed by atoms with E-state index in [0.29, 0.717) is 11.6 Å². The molecule has 20 heavy (non-hydrogen) atoms. The molecule has 0 saturated heterocycles. The van der Waals surface area contributed by atoms with Gasteiger partial charge in [0, 0.05) is 11.6 Å². The van der Waals surface area contributed by atoms with Crippen molar-refractivity contribution in [1.82, 2.24) is 4.98 Å². The molecule has 0 spiro atoms. The highest BCUT2D eigenvalue weighted by Crippen LogP contribution is 2.41. The van der Waals surface area contributed by atoms with Crippen molar-refractivity contribution >= 4 is 11.5 Å². The van der Waals surface area contributed by atoms with E-state index in [0.717, 1.165) is 5.56 Å². The number of rotatable bonds is 3. The average molecular weight is 269 g/mol. The number of anilines is 1. The molecule has 1 aromatic heterocycles. The highest BCUT2D eigenvalue weighted by Gasteiger charge is 2.23. The first-order chi connectivity index (χ1) is 9.65. The van der Waals surface area contributed by atoms with Gasteiger partial charge in [-0.15, -0.1) is 0 Å². The van der Waals surface area contributed by atoms with Gasteiger partial charge in [0.25, 0.3) is 5.69 Å². The summed E-state index contributed by atoms with van der Waals surface area (Å²) in [5.41, 5.74) is 8.42. The van der Waals surface area contributed by atoms with Gasteiger partial charge in [-0.25, -0.2) is 4.98 Å². The fourth-order valence-electron chi connectivity index (χ4n) is 2.59. The van der Waals surface area contributed by atoms with Crippen LogP contribution in [0.5, 0.6) is 0 Å². The standard InChI is InChI=1S/C15H15N3O2/c16-15-9-11(18(19)20)8-14(17-15)13-7-2-1-6-12(13)10-4-3-5-10/h1-2,6-10H,3-5H2,(H2,16,17). The van der Waals surface area contributed by atoms with Crippen molar-refractivity contribution < 1.29 is 4.92 Å². The molecule has 1 fully saturated rings. The van der Waals surface area contributed by atoms with Crippen LogP contribution in [0.25, 0.3) is 11.3 Å². The minimum Gasteiger partial charge on any atom is -0.383 e. The fraction of sp³-hybridized carbons (Fsp3) is 0.267. The Morgan fingerprint density at radius 2 is 2.00 bits per heavy atom. The van der Waals surface area contributed by atoms with E-state index in [4.69, 9.17) is 5.73 Å². The van der Waals surface area contributed by atoms with Gasteiger partial charge < -0.3 is 5.73 Å². The van der Waals surface area contributed by atoms with E-state index in [1.165, 1.54) is 37.0 Å². The summed E-state index contributed by atoms with van der Waals surface area (Å²) in [5.74, 6) is 0.714. The fourth-order valence-corrected chi connectivity index (χ4v) is 2.59. The minimum absolute atomic E-state index is 0.0177. The maximum atomic E-state index is 10.9. The molecule has 2 N–H and O–H groups in total. The molecule has 1 saturated carbocycles. The van der Waals surface area contributed by atoms with Crippen LogP contribution in [0, 0.1) is 10.1 Å². The molecule has 3 rings (SSSR count). The van der Waals surface area contributed by atoms with Crippen LogP contribution in [-0.2, 0) is 0 Å². The van der Waals surface area contributed by atoms with E-state index < -0.39 is 4.92 Å². The van der Waals surface area contributed by atoms with Gasteiger partial charge in [0.2, 0.25) is 0 Å². The quantitative estimate of drug-likeness (QED) is 0.682. The molecular weight excluding hydrogens is 254 g/mol. The van der Waals surface area contributed by atoms with Gasteiger partial charge >= 0.3 is 0 Å². The van der Waals surface area contributed by atoms with Crippen molar-refractivity contribution in [2.45, 2.75) is 25.2 Å². The maximum Gasteiger partial charge on any atom is 0.275 e. The zero-order valence-electron chi connectivity index (χ0n) is 11.0. The van der Waals surface area contributed by atoms with Crippen molar-refractivity contribution in [1.29, 1.82) is 0 Å². The van der Waals surface area contributed by atoms with E-state index in [1.807, 2.05) is 18.2 Å². The van der Waals surface area contributed by atoms with Crippen molar-refractivity contribution in [3.63, 3.8) is 0 Å². The van der Waals surface area contributed by atoms with Crippen LogP contribution in [0.2, 0.25) is 0 Å². The SMILES string of the molecule is Nc1cc([N+](=O)[O-])cc(-c2ccccc2C2CCC2)n1. The molecule has 1 heterocycles. The molecule has 1 aliphatic rings. The lowest BCUT2D eigenvalue weighted by Gasteiger charge is -2.27. The zero-order valence-corrected chi connectivity index (χ0v) is 11.0. The molecule has 0 unspecified atom stereocenters. The smallest absolute Gasteiger partial charge is 0.275 e. The lowest BCUT2D eigenvalue weighted by Crippen LogP contribution is -2.10. The van der Waals surface area contributed by atoms with Crippen LogP contribution in [-0.4, -0.2) is 9.91 Å². The van der Waals surface area contributed by atoms with Gasteiger partial charge in [-0.3, -0.25) is 10.1 Å². The first kappa shape index (κ1) is 12.6. The Morgan fingerprint density at radius 1 is 1.25 bits per heavy atom. The number of nitrogen functional groups attached to an aromatic ring is 1. The van der Waals surface area contributed by atoms with E-state index in [1.54, 1.807) is 0 Å². The molecule has 0 atom stereocenters. The normalized spacial score (nSPS) is 14.8. The second-order valence-electron chi connectivity index (χ2n) is 5.11. The lowest BCUT2D eigenvalue weighted by molar-refractivity contribution is -0.384. The van der Waals surface area contributed by atoms with Crippen LogP contribution in [0.4, 0.5) is 11.5 Å². The van der Waals surface area contributed by atoms with E-state index in [-0.39, 0.29) is 11.5 Å². The average Bonchev–Trinajstić information content (AvgIpc) is 2.36. The van der Waals surface area contributed by atoms with Crippen LogP contribution in [0.15, 0.2) is 36.4 Å². The highest BCUT2D eigenvalue weighted by atomic mass is 16.6. The van der Waals surface area contributed by atoms with Gasteiger partial charge in [-0.2, -0.15) is 0 Å². The summed E-state index contributed by atoms with van der Waals surface area (Å²) in [7, 11) is 0. The third kappa shape index (κ3) is 2.22. The number of nitro groups is 1. The molecular formula is C15H15N3O2. The first-order valence-electron chi connectivity index (χ1n) is 6.66. The van der Waals surface area contributed by atoms with Gasteiger partial charge in [-0.05, 0) is 24.3 Å². The number of nitrogens with two attached hydrogens (primary N) is 1. The van der Waals surface area contributed by atoms with Crippen molar-refractivity contribution in [2.75, 3.05) is 5.73 Å². The molecule has 5 heteroatoms. The largest absolute Gasteiger partial charge is 0.383 e. The number of nitrogens with zero attached hydrogens (tertiary/aromatic N) is 2. The zero-order chi connectivity index (χ0) is 14.1. The van der Waals surface area contributed by atoms with Crippen LogP contribution >= 0.6 is 0 Å². The number of aromatic nitrogens is 1. The van der Waals surface area contributed by atoms with Crippen LogP contribution < -0.4 is 5.73 Å². The monoisotopic (exact) mass is 269 g/mol. The third-order valence-electron chi connectivity index (χ3n) is 3.82. The van der Waals surface area contributed by atoms with Gasteiger partial charge in [0.15, 0.2) is 0 Å². The van der Waals surface area contributed by atoms with Crippen LogP contribution in [0.1, 0.15) is 30.7 Å². The topological polar surface area (TPSA) is 82.0 Å². The van der Waals surface area contributed by atoms with Crippen molar-refractivity contribution in [3.8, 4) is 11.3 Å². The van der Waals surface area contributed by atoms with Gasteiger partial charge in [-0.1, -0.05) is 30.7 Å². The number of pyridine rings is 1. The lowest BCUT2D eigenvalue weighted by atomic mass is 9.78. The molecule has 2 aromatic rings. The predicted octanol–water partition coefficient (Wildman–Crippen LogP) is 3.51. The molecule has 5 nitrogen and oxygen atoms in total. The van der Waals surface area contributed by atoms with E-state index >= 15 is 0 Å². The maximum absolute atomic E-state index is 10.9. The number of hydrogen-bond acceptors (Lipinski definition) is 4. The van der Waals surface area contributed by atoms with Gasteiger partial charge in [0.05, 0.1) is 16.7 Å². The summed E-state index contributed by atoms with van der Waals surface area (Å²) in [4.78, 5) is 14.8. The summed E-state index contributed by atoms with van der Waals surface area (Å²) in [6, 6.07) is 10.7. The predicted molar refractivity (Wildman–Crippen MR) is 77.3 cm³/mol. The Labute approximate surface area is 116 Å².